The second-order valence-corrected chi connectivity index (χ2v) is 5.87. The lowest BCUT2D eigenvalue weighted by molar-refractivity contribution is -0.151. The van der Waals surface area contributed by atoms with Crippen molar-refractivity contribution in [2.24, 2.45) is 0 Å². The zero-order chi connectivity index (χ0) is 15.3. The Morgan fingerprint density at radius 3 is 2.00 bits per heavy atom. The van der Waals surface area contributed by atoms with Crippen LogP contribution in [0.5, 0.6) is 0 Å². The van der Waals surface area contributed by atoms with Crippen molar-refractivity contribution < 1.29 is 10.2 Å². The van der Waals surface area contributed by atoms with E-state index in [1.165, 1.54) is 23.1 Å². The van der Waals surface area contributed by atoms with Crippen LogP contribution in [0.2, 0.25) is 0 Å². The van der Waals surface area contributed by atoms with E-state index in [1.807, 2.05) is 30.3 Å². The van der Waals surface area contributed by atoms with E-state index in [2.05, 4.69) is 30.3 Å². The van der Waals surface area contributed by atoms with Gasteiger partial charge in [0, 0.05) is 5.56 Å². The number of hydrogen-bond donors (Lipinski definition) is 2. The van der Waals surface area contributed by atoms with Gasteiger partial charge in [-0.15, -0.1) is 0 Å². The summed E-state index contributed by atoms with van der Waals surface area (Å²) in [6, 6.07) is 22.2. The van der Waals surface area contributed by atoms with Gasteiger partial charge in [0.05, 0.1) is 0 Å². The van der Waals surface area contributed by atoms with Gasteiger partial charge in [0.2, 0.25) is 0 Å². The molecule has 108 valence electrons. The van der Waals surface area contributed by atoms with Crippen LogP contribution < -0.4 is 0 Å². The first-order valence-corrected chi connectivity index (χ1v) is 7.34. The highest BCUT2D eigenvalue weighted by molar-refractivity contribution is 6.17. The second-order valence-electron chi connectivity index (χ2n) is 5.87. The lowest BCUT2D eigenvalue weighted by atomic mass is 9.93. The third kappa shape index (κ3) is 1.89. The maximum atomic E-state index is 9.99. The first kappa shape index (κ1) is 13.3. The van der Waals surface area contributed by atoms with Crippen LogP contribution in [-0.4, -0.2) is 10.2 Å². The van der Waals surface area contributed by atoms with Crippen molar-refractivity contribution in [3.63, 3.8) is 0 Å². The molecule has 0 aliphatic heterocycles. The number of aliphatic hydroxyl groups is 2. The van der Waals surface area contributed by atoms with Crippen molar-refractivity contribution >= 4 is 32.3 Å². The highest BCUT2D eigenvalue weighted by Gasteiger charge is 2.21. The van der Waals surface area contributed by atoms with Gasteiger partial charge in [0.25, 0.3) is 0 Å². The fourth-order valence-corrected chi connectivity index (χ4v) is 3.27. The molecule has 0 saturated heterocycles. The van der Waals surface area contributed by atoms with Gasteiger partial charge in [-0.25, -0.2) is 0 Å². The molecule has 4 aromatic rings. The zero-order valence-corrected chi connectivity index (χ0v) is 12.2. The number of fused-ring (bicyclic) bond motifs is 5. The highest BCUT2D eigenvalue weighted by Crippen LogP contribution is 2.34. The molecule has 0 spiro atoms. The van der Waals surface area contributed by atoms with Crippen molar-refractivity contribution in [3.8, 4) is 0 Å². The van der Waals surface area contributed by atoms with Crippen LogP contribution in [0.15, 0.2) is 66.7 Å². The van der Waals surface area contributed by atoms with Gasteiger partial charge in [0.15, 0.2) is 5.79 Å². The fourth-order valence-electron chi connectivity index (χ4n) is 3.27. The average Bonchev–Trinajstić information content (AvgIpc) is 2.52. The lowest BCUT2D eigenvalue weighted by Crippen LogP contribution is -2.19. The Bertz CT molecular complexity index is 1010. The van der Waals surface area contributed by atoms with E-state index in [9.17, 15) is 10.2 Å². The number of benzene rings is 4. The normalized spacial score (nSPS) is 12.3. The molecule has 0 radical (unpaired) electrons. The maximum Gasteiger partial charge on any atom is 0.187 e. The Labute approximate surface area is 128 Å². The molecule has 4 aromatic carbocycles. The summed E-state index contributed by atoms with van der Waals surface area (Å²) in [6.07, 6.45) is 0. The largest absolute Gasteiger partial charge is 0.362 e. The van der Waals surface area contributed by atoms with E-state index in [4.69, 9.17) is 0 Å². The molecule has 0 aliphatic rings. The smallest absolute Gasteiger partial charge is 0.187 e. The summed E-state index contributed by atoms with van der Waals surface area (Å²) in [4.78, 5) is 0. The van der Waals surface area contributed by atoms with E-state index >= 15 is 0 Å². The van der Waals surface area contributed by atoms with Crippen LogP contribution in [0.25, 0.3) is 32.3 Å². The van der Waals surface area contributed by atoms with Crippen molar-refractivity contribution in [1.29, 1.82) is 0 Å². The standard InChI is InChI=1S/C20H16O2/c1-20(21,22)19-8-4-7-15-17-10-9-13-5-2-3-6-14(13)16(17)11-12-18(15)19/h2-12,21-22H,1H3. The van der Waals surface area contributed by atoms with Gasteiger partial charge in [-0.05, 0) is 39.2 Å². The molecule has 0 aliphatic carbocycles. The molecule has 2 N–H and O–H groups in total. The van der Waals surface area contributed by atoms with Crippen molar-refractivity contribution in [2.75, 3.05) is 0 Å². The zero-order valence-electron chi connectivity index (χ0n) is 12.2. The van der Waals surface area contributed by atoms with E-state index in [1.54, 1.807) is 6.07 Å². The number of hydrogen-bond acceptors (Lipinski definition) is 2. The molecule has 0 saturated carbocycles. The van der Waals surface area contributed by atoms with Crippen LogP contribution in [-0.2, 0) is 5.79 Å². The summed E-state index contributed by atoms with van der Waals surface area (Å²) in [7, 11) is 0. The second kappa shape index (κ2) is 4.54. The van der Waals surface area contributed by atoms with Gasteiger partial charge in [0.1, 0.15) is 0 Å². The van der Waals surface area contributed by atoms with Gasteiger partial charge >= 0.3 is 0 Å². The molecule has 0 unspecified atom stereocenters. The quantitative estimate of drug-likeness (QED) is 0.405. The Morgan fingerprint density at radius 1 is 0.591 bits per heavy atom. The van der Waals surface area contributed by atoms with Crippen molar-refractivity contribution in [2.45, 2.75) is 12.7 Å². The Balaban J connectivity index is 2.19. The first-order valence-electron chi connectivity index (χ1n) is 7.34. The maximum absolute atomic E-state index is 9.99. The van der Waals surface area contributed by atoms with E-state index in [0.29, 0.717) is 5.56 Å². The first-order chi connectivity index (χ1) is 10.6. The summed E-state index contributed by atoms with van der Waals surface area (Å²) in [5, 5.41) is 26.6. The predicted molar refractivity (Wildman–Crippen MR) is 90.7 cm³/mol. The minimum Gasteiger partial charge on any atom is -0.362 e. The summed E-state index contributed by atoms with van der Waals surface area (Å²) in [5.41, 5.74) is 0.528. The molecule has 0 amide bonds. The SMILES string of the molecule is CC(O)(O)c1cccc2c1ccc1c3ccccc3ccc21. The summed E-state index contributed by atoms with van der Waals surface area (Å²) < 4.78 is 0. The van der Waals surface area contributed by atoms with Crippen LogP contribution in [0.3, 0.4) is 0 Å². The van der Waals surface area contributed by atoms with Gasteiger partial charge in [-0.2, -0.15) is 0 Å². The van der Waals surface area contributed by atoms with Gasteiger partial charge in [-0.1, -0.05) is 66.7 Å². The predicted octanol–water partition coefficient (Wildman–Crippen LogP) is 4.30. The molecule has 0 aromatic heterocycles. The minimum absolute atomic E-state index is 0.528. The fraction of sp³-hybridized carbons (Fsp3) is 0.100. The van der Waals surface area contributed by atoms with E-state index in [-0.39, 0.29) is 0 Å². The topological polar surface area (TPSA) is 40.5 Å². The summed E-state index contributed by atoms with van der Waals surface area (Å²) in [6.45, 7) is 1.40. The molecule has 2 heteroatoms. The molecule has 0 fully saturated rings. The molecule has 0 heterocycles. The monoisotopic (exact) mass is 288 g/mol. The van der Waals surface area contributed by atoms with Crippen molar-refractivity contribution in [1.82, 2.24) is 0 Å². The van der Waals surface area contributed by atoms with E-state index < -0.39 is 5.79 Å². The highest BCUT2D eigenvalue weighted by atomic mass is 16.5. The van der Waals surface area contributed by atoms with Gasteiger partial charge in [-0.3, -0.25) is 0 Å². The van der Waals surface area contributed by atoms with Crippen molar-refractivity contribution in [3.05, 3.63) is 72.3 Å². The lowest BCUT2D eigenvalue weighted by Gasteiger charge is -2.19. The molecule has 0 atom stereocenters. The van der Waals surface area contributed by atoms with Crippen LogP contribution in [0, 0.1) is 0 Å². The van der Waals surface area contributed by atoms with Gasteiger partial charge < -0.3 is 10.2 Å². The molecule has 0 bridgehead atoms. The Hall–Kier alpha value is -2.42. The molecular formula is C20H16O2. The summed E-state index contributed by atoms with van der Waals surface area (Å²) >= 11 is 0. The average molecular weight is 288 g/mol. The Kier molecular flexibility index (Phi) is 2.73. The van der Waals surface area contributed by atoms with Crippen LogP contribution in [0.4, 0.5) is 0 Å². The molecule has 2 nitrogen and oxygen atoms in total. The number of rotatable bonds is 1. The summed E-state index contributed by atoms with van der Waals surface area (Å²) in [5.74, 6) is -1.84. The molecule has 22 heavy (non-hydrogen) atoms. The third-order valence-electron chi connectivity index (χ3n) is 4.29. The van der Waals surface area contributed by atoms with Crippen LogP contribution in [0.1, 0.15) is 12.5 Å². The Morgan fingerprint density at radius 2 is 1.18 bits per heavy atom. The molecule has 4 rings (SSSR count). The molecular weight excluding hydrogens is 272 g/mol. The van der Waals surface area contributed by atoms with Crippen LogP contribution >= 0.6 is 0 Å². The minimum atomic E-state index is -1.84. The van der Waals surface area contributed by atoms with E-state index in [0.717, 1.165) is 16.2 Å². The third-order valence-corrected chi connectivity index (χ3v) is 4.29.